The van der Waals surface area contributed by atoms with Crippen molar-refractivity contribution in [3.05, 3.63) is 0 Å². The molecule has 0 fully saturated rings. The minimum Gasteiger partial charge on any atom is -0.444 e. The van der Waals surface area contributed by atoms with Gasteiger partial charge in [0, 0.05) is 13.6 Å². The van der Waals surface area contributed by atoms with Crippen molar-refractivity contribution >= 4 is 16.2 Å². The van der Waals surface area contributed by atoms with E-state index < -0.39 is 21.8 Å². The van der Waals surface area contributed by atoms with Crippen LogP contribution in [-0.2, 0) is 14.9 Å². The van der Waals surface area contributed by atoms with Gasteiger partial charge in [-0.15, -0.1) is 0 Å². The van der Waals surface area contributed by atoms with Crippen molar-refractivity contribution in [2.75, 3.05) is 19.3 Å². The molecular formula is C9H19NO5S. The maximum Gasteiger partial charge on any atom is 0.410 e. The summed E-state index contributed by atoms with van der Waals surface area (Å²) in [4.78, 5) is 12.7. The Morgan fingerprint density at radius 3 is 2.25 bits per heavy atom. The van der Waals surface area contributed by atoms with Crippen LogP contribution in [0.25, 0.3) is 0 Å². The van der Waals surface area contributed by atoms with Crippen LogP contribution in [0.2, 0.25) is 0 Å². The van der Waals surface area contributed by atoms with Crippen molar-refractivity contribution < 1.29 is 22.5 Å². The van der Waals surface area contributed by atoms with Gasteiger partial charge in [0.2, 0.25) is 0 Å². The molecule has 0 aromatic heterocycles. The van der Waals surface area contributed by atoms with E-state index in [1.807, 2.05) is 0 Å². The summed E-state index contributed by atoms with van der Waals surface area (Å²) in [5.74, 6) is -0.361. The van der Waals surface area contributed by atoms with Crippen molar-refractivity contribution in [1.29, 1.82) is 0 Å². The van der Waals surface area contributed by atoms with Gasteiger partial charge in [-0.3, -0.25) is 4.55 Å². The fourth-order valence-corrected chi connectivity index (χ4v) is 1.41. The summed E-state index contributed by atoms with van der Waals surface area (Å²) in [6, 6.07) is 0. The minimum absolute atomic E-state index is 0.175. The summed E-state index contributed by atoms with van der Waals surface area (Å²) in [7, 11) is -2.45. The summed E-state index contributed by atoms with van der Waals surface area (Å²) in [5.41, 5.74) is -0.575. The molecule has 0 aromatic rings. The lowest BCUT2D eigenvalue weighted by Crippen LogP contribution is -2.35. The molecule has 0 radical (unpaired) electrons. The summed E-state index contributed by atoms with van der Waals surface area (Å²) in [6.07, 6.45) is -0.336. The normalized spacial score (nSPS) is 12.3. The highest BCUT2D eigenvalue weighted by Gasteiger charge is 2.19. The van der Waals surface area contributed by atoms with E-state index in [1.54, 1.807) is 20.8 Å². The Morgan fingerprint density at radius 2 is 1.88 bits per heavy atom. The van der Waals surface area contributed by atoms with Crippen LogP contribution < -0.4 is 0 Å². The third-order valence-electron chi connectivity index (χ3n) is 1.60. The van der Waals surface area contributed by atoms with E-state index in [2.05, 4.69) is 0 Å². The van der Waals surface area contributed by atoms with Crippen LogP contribution in [0.4, 0.5) is 4.79 Å². The first-order chi connectivity index (χ1) is 7.01. The van der Waals surface area contributed by atoms with Gasteiger partial charge >= 0.3 is 6.09 Å². The van der Waals surface area contributed by atoms with Crippen molar-refractivity contribution in [2.24, 2.45) is 0 Å². The molecule has 1 amide bonds. The zero-order valence-corrected chi connectivity index (χ0v) is 10.9. The summed E-state index contributed by atoms with van der Waals surface area (Å²) >= 11 is 0. The van der Waals surface area contributed by atoms with Gasteiger partial charge in [-0.2, -0.15) is 8.42 Å². The molecule has 0 aliphatic heterocycles. The summed E-state index contributed by atoms with van der Waals surface area (Å²) in [6.45, 7) is 5.46. The average Bonchev–Trinajstić information content (AvgIpc) is 1.98. The first kappa shape index (κ1) is 15.2. The summed E-state index contributed by atoms with van der Waals surface area (Å²) in [5, 5.41) is 0. The Balaban J connectivity index is 3.99. The molecular weight excluding hydrogens is 234 g/mol. The monoisotopic (exact) mass is 253 g/mol. The smallest absolute Gasteiger partial charge is 0.410 e. The largest absolute Gasteiger partial charge is 0.444 e. The predicted octanol–water partition coefficient (Wildman–Crippen LogP) is 1.13. The lowest BCUT2D eigenvalue weighted by molar-refractivity contribution is 0.0299. The molecule has 0 aromatic carbocycles. The number of rotatable bonds is 4. The number of ether oxygens (including phenoxy) is 1. The fourth-order valence-electron chi connectivity index (χ4n) is 0.915. The van der Waals surface area contributed by atoms with Gasteiger partial charge in [-0.05, 0) is 27.2 Å². The molecule has 0 aliphatic carbocycles. The molecule has 0 bridgehead atoms. The van der Waals surface area contributed by atoms with Crippen LogP contribution in [0.15, 0.2) is 0 Å². The second kappa shape index (κ2) is 5.49. The van der Waals surface area contributed by atoms with Crippen molar-refractivity contribution in [3.8, 4) is 0 Å². The van der Waals surface area contributed by atoms with E-state index in [0.29, 0.717) is 0 Å². The quantitative estimate of drug-likeness (QED) is 0.759. The van der Waals surface area contributed by atoms with E-state index in [4.69, 9.17) is 9.29 Å². The molecule has 0 unspecified atom stereocenters. The van der Waals surface area contributed by atoms with Crippen LogP contribution in [0.1, 0.15) is 27.2 Å². The molecule has 0 saturated heterocycles. The number of amides is 1. The van der Waals surface area contributed by atoms with Crippen LogP contribution in [0, 0.1) is 0 Å². The van der Waals surface area contributed by atoms with E-state index in [9.17, 15) is 13.2 Å². The first-order valence-corrected chi connectivity index (χ1v) is 6.51. The average molecular weight is 253 g/mol. The lowest BCUT2D eigenvalue weighted by atomic mass is 10.2. The fraction of sp³-hybridized carbons (Fsp3) is 0.889. The van der Waals surface area contributed by atoms with Gasteiger partial charge in [0.1, 0.15) is 5.60 Å². The Labute approximate surface area is 96.3 Å². The molecule has 0 atom stereocenters. The van der Waals surface area contributed by atoms with Crippen LogP contribution in [-0.4, -0.2) is 48.9 Å². The predicted molar refractivity (Wildman–Crippen MR) is 59.9 cm³/mol. The second-order valence-corrected chi connectivity index (χ2v) is 6.11. The Morgan fingerprint density at radius 1 is 1.38 bits per heavy atom. The maximum absolute atomic E-state index is 11.4. The molecule has 96 valence electrons. The number of carbonyl (C=O) groups excluding carboxylic acids is 1. The Kier molecular flexibility index (Phi) is 5.21. The molecule has 0 saturated carbocycles. The van der Waals surface area contributed by atoms with E-state index in [-0.39, 0.29) is 18.7 Å². The highest BCUT2D eigenvalue weighted by Crippen LogP contribution is 2.09. The topological polar surface area (TPSA) is 83.9 Å². The van der Waals surface area contributed by atoms with E-state index in [0.717, 1.165) is 0 Å². The lowest BCUT2D eigenvalue weighted by Gasteiger charge is -2.24. The van der Waals surface area contributed by atoms with E-state index in [1.165, 1.54) is 11.9 Å². The molecule has 6 nitrogen and oxygen atoms in total. The Hall–Kier alpha value is -0.820. The van der Waals surface area contributed by atoms with Gasteiger partial charge in [0.05, 0.1) is 5.75 Å². The van der Waals surface area contributed by atoms with Crippen LogP contribution in [0.3, 0.4) is 0 Å². The first-order valence-electron chi connectivity index (χ1n) is 4.90. The number of carbonyl (C=O) groups is 1. The van der Waals surface area contributed by atoms with Gasteiger partial charge in [0.15, 0.2) is 0 Å². The third-order valence-corrected chi connectivity index (χ3v) is 2.41. The van der Waals surface area contributed by atoms with Gasteiger partial charge < -0.3 is 9.64 Å². The van der Waals surface area contributed by atoms with Crippen molar-refractivity contribution in [2.45, 2.75) is 32.8 Å². The SMILES string of the molecule is CN(CCCS(=O)(=O)O)C(=O)OC(C)(C)C. The molecule has 0 heterocycles. The highest BCUT2D eigenvalue weighted by molar-refractivity contribution is 7.85. The standard InChI is InChI=1S/C9H19NO5S/c1-9(2,3)15-8(11)10(4)6-5-7-16(12,13)14/h5-7H2,1-4H3,(H,12,13,14). The minimum atomic E-state index is -3.96. The zero-order chi connectivity index (χ0) is 13.0. The van der Waals surface area contributed by atoms with Crippen molar-refractivity contribution in [3.63, 3.8) is 0 Å². The molecule has 1 N–H and O–H groups in total. The Bertz CT molecular complexity index is 330. The van der Waals surface area contributed by atoms with E-state index >= 15 is 0 Å². The molecule has 0 aliphatic rings. The molecule has 16 heavy (non-hydrogen) atoms. The van der Waals surface area contributed by atoms with Crippen LogP contribution >= 0.6 is 0 Å². The maximum atomic E-state index is 11.4. The molecule has 7 heteroatoms. The second-order valence-electron chi connectivity index (χ2n) is 4.54. The highest BCUT2D eigenvalue weighted by atomic mass is 32.2. The number of hydrogen-bond donors (Lipinski definition) is 1. The van der Waals surface area contributed by atoms with Crippen molar-refractivity contribution in [1.82, 2.24) is 4.90 Å². The summed E-state index contributed by atoms with van der Waals surface area (Å²) < 4.78 is 34.4. The number of nitrogens with zero attached hydrogens (tertiary/aromatic N) is 1. The zero-order valence-electron chi connectivity index (χ0n) is 10.1. The molecule has 0 rings (SSSR count). The van der Waals surface area contributed by atoms with Gasteiger partial charge in [-0.25, -0.2) is 4.79 Å². The number of hydrogen-bond acceptors (Lipinski definition) is 4. The van der Waals surface area contributed by atoms with Crippen LogP contribution in [0.5, 0.6) is 0 Å². The molecule has 0 spiro atoms. The third kappa shape index (κ3) is 8.49. The van der Waals surface area contributed by atoms with Gasteiger partial charge in [0.25, 0.3) is 10.1 Å². The van der Waals surface area contributed by atoms with Gasteiger partial charge in [-0.1, -0.05) is 0 Å².